The van der Waals surface area contributed by atoms with Crippen LogP contribution in [0.5, 0.6) is 0 Å². The summed E-state index contributed by atoms with van der Waals surface area (Å²) in [4.78, 5) is 20.5. The van der Waals surface area contributed by atoms with Gasteiger partial charge in [-0.1, -0.05) is 25.0 Å². The number of aliphatic imine (C=N–C) groups is 1. The molecular weight excluding hydrogens is 376 g/mol. The van der Waals surface area contributed by atoms with Crippen LogP contribution in [-0.4, -0.2) is 51.1 Å². The molecule has 158 valence electrons. The highest BCUT2D eigenvalue weighted by Crippen LogP contribution is 2.37. The third-order valence-electron chi connectivity index (χ3n) is 6.66. The predicted molar refractivity (Wildman–Crippen MR) is 119 cm³/mol. The Balaban J connectivity index is 1.48. The summed E-state index contributed by atoms with van der Waals surface area (Å²) in [6.45, 7) is 4.06. The number of amidine groups is 1. The molecule has 5 rings (SSSR count). The standard InChI is InChI=1S/C23H30N6O/c1-2-29-20(12-14-24-29)21(30)28-15-7-13-23(16-28)22(25-17-8-3-4-9-17)26-18-10-5-6-11-19(18)27-23/h5-6,10-12,14,17,27H,2-4,7-9,13,15-16H2,1H3,(H,25,26). The van der Waals surface area contributed by atoms with Crippen LogP contribution in [0.4, 0.5) is 11.4 Å². The molecule has 1 atom stereocenters. The zero-order chi connectivity index (χ0) is 20.6. The summed E-state index contributed by atoms with van der Waals surface area (Å²) in [6, 6.07) is 10.5. The predicted octanol–water partition coefficient (Wildman–Crippen LogP) is 3.76. The van der Waals surface area contributed by atoms with Crippen molar-refractivity contribution in [1.82, 2.24) is 14.7 Å². The average molecular weight is 407 g/mol. The van der Waals surface area contributed by atoms with Crippen LogP contribution in [-0.2, 0) is 6.54 Å². The Labute approximate surface area is 177 Å². The van der Waals surface area contributed by atoms with E-state index in [1.807, 2.05) is 30.0 Å². The van der Waals surface area contributed by atoms with Crippen molar-refractivity contribution in [1.29, 1.82) is 0 Å². The third-order valence-corrected chi connectivity index (χ3v) is 6.66. The van der Waals surface area contributed by atoms with Gasteiger partial charge < -0.3 is 15.5 Å². The largest absolute Gasteiger partial charge is 0.370 e. The Morgan fingerprint density at radius 3 is 2.80 bits per heavy atom. The van der Waals surface area contributed by atoms with Gasteiger partial charge in [0.15, 0.2) is 0 Å². The Morgan fingerprint density at radius 1 is 1.20 bits per heavy atom. The van der Waals surface area contributed by atoms with E-state index in [2.05, 4.69) is 27.9 Å². The highest BCUT2D eigenvalue weighted by atomic mass is 16.2. The average Bonchev–Trinajstić information content (AvgIpc) is 3.46. The maximum atomic E-state index is 13.3. The second-order valence-corrected chi connectivity index (χ2v) is 8.66. The number of carbonyl (C=O) groups excluding carboxylic acids is 1. The topological polar surface area (TPSA) is 74.6 Å². The van der Waals surface area contributed by atoms with E-state index in [4.69, 9.17) is 4.99 Å². The van der Waals surface area contributed by atoms with E-state index in [0.29, 0.717) is 24.8 Å². The second kappa shape index (κ2) is 7.78. The number of fused-ring (bicyclic) bond motifs is 1. The minimum atomic E-state index is -0.373. The summed E-state index contributed by atoms with van der Waals surface area (Å²) in [7, 11) is 0. The summed E-state index contributed by atoms with van der Waals surface area (Å²) in [5.74, 6) is 1.05. The number of hydrogen-bond acceptors (Lipinski definition) is 4. The van der Waals surface area contributed by atoms with Crippen molar-refractivity contribution in [2.24, 2.45) is 4.99 Å². The van der Waals surface area contributed by atoms with E-state index >= 15 is 0 Å². The van der Waals surface area contributed by atoms with Crippen LogP contribution < -0.4 is 10.6 Å². The maximum absolute atomic E-state index is 13.3. The lowest BCUT2D eigenvalue weighted by molar-refractivity contribution is 0.0681. The van der Waals surface area contributed by atoms with Crippen LogP contribution in [0.2, 0.25) is 0 Å². The Hall–Kier alpha value is -2.83. The van der Waals surface area contributed by atoms with E-state index in [0.717, 1.165) is 49.4 Å². The van der Waals surface area contributed by atoms with Crippen LogP contribution in [0, 0.1) is 0 Å². The van der Waals surface area contributed by atoms with E-state index in [1.54, 1.807) is 10.9 Å². The van der Waals surface area contributed by atoms with Gasteiger partial charge in [0.05, 0.1) is 24.0 Å². The number of benzene rings is 1. The molecule has 1 unspecified atom stereocenters. The lowest BCUT2D eigenvalue weighted by Gasteiger charge is -2.47. The first-order chi connectivity index (χ1) is 14.7. The lowest BCUT2D eigenvalue weighted by atomic mass is 9.84. The number of anilines is 2. The van der Waals surface area contributed by atoms with E-state index in [9.17, 15) is 4.79 Å². The minimum Gasteiger partial charge on any atom is -0.370 e. The smallest absolute Gasteiger partial charge is 0.272 e. The number of para-hydroxylation sites is 2. The molecule has 2 N–H and O–H groups in total. The van der Waals surface area contributed by atoms with Gasteiger partial charge in [-0.2, -0.15) is 5.10 Å². The molecule has 7 nitrogen and oxygen atoms in total. The zero-order valence-electron chi connectivity index (χ0n) is 17.6. The summed E-state index contributed by atoms with van der Waals surface area (Å²) in [6.07, 6.45) is 8.42. The summed E-state index contributed by atoms with van der Waals surface area (Å²) in [5.41, 5.74) is 2.43. The first kappa shape index (κ1) is 19.2. The number of likely N-dealkylation sites (tertiary alicyclic amines) is 1. The van der Waals surface area contributed by atoms with Crippen LogP contribution in [0.15, 0.2) is 41.5 Å². The van der Waals surface area contributed by atoms with Gasteiger partial charge >= 0.3 is 0 Å². The van der Waals surface area contributed by atoms with E-state index in [-0.39, 0.29) is 11.4 Å². The summed E-state index contributed by atoms with van der Waals surface area (Å²) >= 11 is 0. The third kappa shape index (κ3) is 3.36. The van der Waals surface area contributed by atoms with Crippen LogP contribution in [0.25, 0.3) is 0 Å². The van der Waals surface area contributed by atoms with Crippen LogP contribution >= 0.6 is 0 Å². The van der Waals surface area contributed by atoms with Crippen molar-refractivity contribution in [2.75, 3.05) is 23.7 Å². The van der Waals surface area contributed by atoms with Crippen LogP contribution in [0.3, 0.4) is 0 Å². The van der Waals surface area contributed by atoms with Crippen LogP contribution in [0.1, 0.15) is 55.9 Å². The van der Waals surface area contributed by atoms with Crippen molar-refractivity contribution in [3.05, 3.63) is 42.2 Å². The molecule has 30 heavy (non-hydrogen) atoms. The Kier molecular flexibility index (Phi) is 4.97. The van der Waals surface area contributed by atoms with Gasteiger partial charge in [-0.15, -0.1) is 0 Å². The fourth-order valence-electron chi connectivity index (χ4n) is 5.09. The molecule has 1 saturated carbocycles. The molecule has 1 aromatic heterocycles. The number of nitrogens with one attached hydrogen (secondary N) is 2. The SMILES string of the molecule is CCn1nccc1C(=O)N1CCCC2(C1)Nc1ccccc1NC2=NC1CCCC1. The number of nitrogens with zero attached hydrogens (tertiary/aromatic N) is 4. The summed E-state index contributed by atoms with van der Waals surface area (Å²) < 4.78 is 1.78. The van der Waals surface area contributed by atoms with Crippen molar-refractivity contribution >= 4 is 23.1 Å². The number of rotatable bonds is 3. The van der Waals surface area contributed by atoms with Crippen molar-refractivity contribution in [3.63, 3.8) is 0 Å². The van der Waals surface area contributed by atoms with Gasteiger partial charge in [0, 0.05) is 19.3 Å². The molecule has 1 amide bonds. The molecule has 2 fully saturated rings. The fraction of sp³-hybridized carbons (Fsp3) is 0.522. The van der Waals surface area contributed by atoms with Crippen molar-refractivity contribution < 1.29 is 4.79 Å². The summed E-state index contributed by atoms with van der Waals surface area (Å²) in [5, 5.41) is 11.7. The highest BCUT2D eigenvalue weighted by Gasteiger charge is 2.45. The lowest BCUT2D eigenvalue weighted by Crippen LogP contribution is -2.62. The number of aromatic nitrogens is 2. The number of aryl methyl sites for hydroxylation is 1. The minimum absolute atomic E-state index is 0.0503. The van der Waals surface area contributed by atoms with E-state index in [1.165, 1.54) is 12.8 Å². The molecule has 0 bridgehead atoms. The van der Waals surface area contributed by atoms with Crippen molar-refractivity contribution in [2.45, 2.75) is 63.6 Å². The quantitative estimate of drug-likeness (QED) is 0.814. The van der Waals surface area contributed by atoms with Gasteiger partial charge in [0.25, 0.3) is 5.91 Å². The molecule has 1 saturated heterocycles. The maximum Gasteiger partial charge on any atom is 0.272 e. The van der Waals surface area contributed by atoms with Gasteiger partial charge in [0.2, 0.25) is 0 Å². The van der Waals surface area contributed by atoms with Gasteiger partial charge in [-0.05, 0) is 50.8 Å². The molecule has 2 aliphatic heterocycles. The van der Waals surface area contributed by atoms with E-state index < -0.39 is 0 Å². The highest BCUT2D eigenvalue weighted by molar-refractivity contribution is 6.10. The molecule has 7 heteroatoms. The Bertz CT molecular complexity index is 960. The normalized spacial score (nSPS) is 25.2. The van der Waals surface area contributed by atoms with Gasteiger partial charge in [-0.3, -0.25) is 14.5 Å². The van der Waals surface area contributed by atoms with Crippen molar-refractivity contribution in [3.8, 4) is 0 Å². The zero-order valence-corrected chi connectivity index (χ0v) is 17.6. The molecule has 1 aromatic carbocycles. The Morgan fingerprint density at radius 2 is 2.00 bits per heavy atom. The monoisotopic (exact) mass is 406 g/mol. The molecule has 0 radical (unpaired) electrons. The van der Waals surface area contributed by atoms with Gasteiger partial charge in [0.1, 0.15) is 17.1 Å². The molecule has 3 heterocycles. The molecule has 1 aliphatic carbocycles. The second-order valence-electron chi connectivity index (χ2n) is 8.66. The molecule has 2 aromatic rings. The number of piperidine rings is 1. The number of amides is 1. The first-order valence-electron chi connectivity index (χ1n) is 11.2. The van der Waals surface area contributed by atoms with Gasteiger partial charge in [-0.25, -0.2) is 0 Å². The fourth-order valence-corrected chi connectivity index (χ4v) is 5.09. The number of hydrogen-bond donors (Lipinski definition) is 2. The first-order valence-corrected chi connectivity index (χ1v) is 11.2. The molecule has 3 aliphatic rings. The molecular formula is C23H30N6O. The number of carbonyl (C=O) groups is 1. The molecule has 1 spiro atoms.